The monoisotopic (exact) mass is 483 g/mol. The molecule has 0 atom stereocenters. The largest absolute Gasteiger partial charge is 0.497 e. The lowest BCUT2D eigenvalue weighted by atomic mass is 9.80. The van der Waals surface area contributed by atoms with E-state index in [1.807, 2.05) is 72.8 Å². The second-order valence-electron chi connectivity index (χ2n) is 8.32. The average molecular weight is 484 g/mol. The molecule has 1 amide bonds. The van der Waals surface area contributed by atoms with Gasteiger partial charge in [0.2, 0.25) is 5.91 Å². The van der Waals surface area contributed by atoms with Gasteiger partial charge in [-0.3, -0.25) is 4.79 Å². The number of primary amides is 1. The van der Waals surface area contributed by atoms with Gasteiger partial charge in [-0.1, -0.05) is 36.4 Å². The molecular formula is C27H33NO5S. The van der Waals surface area contributed by atoms with Crippen molar-refractivity contribution in [2.24, 2.45) is 5.73 Å². The summed E-state index contributed by atoms with van der Waals surface area (Å²) in [6.45, 7) is 0.467. The van der Waals surface area contributed by atoms with Crippen LogP contribution in [0.1, 0.15) is 29.5 Å². The van der Waals surface area contributed by atoms with Gasteiger partial charge in [0.15, 0.2) is 0 Å². The Balaban J connectivity index is 1.95. The first-order valence-corrected chi connectivity index (χ1v) is 13.4. The molecule has 0 spiro atoms. The highest BCUT2D eigenvalue weighted by Crippen LogP contribution is 2.51. The number of amides is 1. The van der Waals surface area contributed by atoms with E-state index in [4.69, 9.17) is 19.4 Å². The van der Waals surface area contributed by atoms with Crippen LogP contribution in [0.3, 0.4) is 0 Å². The quantitative estimate of drug-likeness (QED) is 0.307. The number of nitrogens with two attached hydrogens (primary N) is 1. The molecule has 0 heterocycles. The highest BCUT2D eigenvalue weighted by Gasteiger charge is 2.34. The van der Waals surface area contributed by atoms with E-state index in [-0.39, 0.29) is 5.91 Å². The molecule has 0 aromatic heterocycles. The normalized spacial score (nSPS) is 12.3. The van der Waals surface area contributed by atoms with E-state index in [1.165, 1.54) is 0 Å². The van der Waals surface area contributed by atoms with Crippen molar-refractivity contribution >= 4 is 16.2 Å². The molecule has 0 aliphatic carbocycles. The van der Waals surface area contributed by atoms with Gasteiger partial charge >= 0.3 is 0 Å². The maximum Gasteiger partial charge on any atom is 0.217 e. The minimum atomic E-state index is -1.53. The van der Waals surface area contributed by atoms with Gasteiger partial charge in [0.1, 0.15) is 17.1 Å². The van der Waals surface area contributed by atoms with Gasteiger partial charge in [-0.25, -0.2) is 0 Å². The molecule has 0 radical (unpaired) electrons. The second-order valence-corrected chi connectivity index (χ2v) is 11.5. The van der Waals surface area contributed by atoms with Crippen LogP contribution in [0.4, 0.5) is 0 Å². The average Bonchev–Trinajstić information content (AvgIpc) is 2.86. The molecule has 0 unspecified atom stereocenters. The second kappa shape index (κ2) is 11.0. The van der Waals surface area contributed by atoms with E-state index in [2.05, 4.69) is 12.5 Å². The fourth-order valence-corrected chi connectivity index (χ4v) is 5.23. The molecule has 0 aliphatic rings. The van der Waals surface area contributed by atoms with Crippen LogP contribution in [-0.2, 0) is 14.6 Å². The van der Waals surface area contributed by atoms with Crippen LogP contribution in [0.5, 0.6) is 11.5 Å². The molecule has 7 heteroatoms. The molecule has 3 aromatic carbocycles. The van der Waals surface area contributed by atoms with Crippen LogP contribution >= 0.6 is 10.3 Å². The molecule has 0 fully saturated rings. The molecule has 3 rings (SSSR count). The molecule has 182 valence electrons. The van der Waals surface area contributed by atoms with E-state index in [1.54, 1.807) is 14.2 Å². The summed E-state index contributed by atoms with van der Waals surface area (Å²) in [7, 11) is 1.69. The summed E-state index contributed by atoms with van der Waals surface area (Å²) in [5.41, 5.74) is 6.02. The van der Waals surface area contributed by atoms with Gasteiger partial charge < -0.3 is 24.5 Å². The van der Waals surface area contributed by atoms with Crippen molar-refractivity contribution in [2.75, 3.05) is 33.3 Å². The van der Waals surface area contributed by atoms with Crippen molar-refractivity contribution in [3.63, 3.8) is 0 Å². The predicted octanol–water partition coefficient (Wildman–Crippen LogP) is 4.61. The number of carbonyl (C=O) groups excluding carboxylic acids is 1. The summed E-state index contributed by atoms with van der Waals surface area (Å²) in [5.74, 6) is 1.11. The molecule has 0 saturated heterocycles. The molecule has 3 aromatic rings. The summed E-state index contributed by atoms with van der Waals surface area (Å²) in [5, 5.41) is 12.1. The number of aliphatic hydroxyl groups is 1. The first kappa shape index (κ1) is 25.6. The third-order valence-corrected chi connectivity index (χ3v) is 7.96. The summed E-state index contributed by atoms with van der Waals surface area (Å²) >= 11 is 0. The van der Waals surface area contributed by atoms with Gasteiger partial charge in [-0.05, 0) is 72.0 Å². The summed E-state index contributed by atoms with van der Waals surface area (Å²) in [6, 6.07) is 22.7. The Hall–Kier alpha value is -3.00. The minimum absolute atomic E-state index is 0.311. The highest BCUT2D eigenvalue weighted by molar-refractivity contribution is 8.28. The zero-order valence-electron chi connectivity index (χ0n) is 20.1. The van der Waals surface area contributed by atoms with Crippen LogP contribution in [0.15, 0.2) is 77.7 Å². The van der Waals surface area contributed by atoms with E-state index in [9.17, 15) is 9.90 Å². The first-order chi connectivity index (χ1) is 16.2. The SMILES string of the molecule is COc1ccc(C(O)(c2ccc(OC)cc2)c2ccc(S(C)(C)OCCCC(N)=O)cc2)cc1. The molecule has 3 N–H and O–H groups in total. The Morgan fingerprint density at radius 3 is 1.62 bits per heavy atom. The lowest BCUT2D eigenvalue weighted by Crippen LogP contribution is -2.28. The van der Waals surface area contributed by atoms with Crippen LogP contribution in [0, 0.1) is 0 Å². The van der Waals surface area contributed by atoms with Gasteiger partial charge in [-0.2, -0.15) is 0 Å². The summed E-state index contributed by atoms with van der Waals surface area (Å²) < 4.78 is 16.7. The van der Waals surface area contributed by atoms with Crippen molar-refractivity contribution in [3.05, 3.63) is 89.5 Å². The summed E-state index contributed by atoms with van der Waals surface area (Å²) in [6.07, 6.45) is 5.03. The maximum absolute atomic E-state index is 12.1. The number of hydrogen-bond acceptors (Lipinski definition) is 5. The van der Waals surface area contributed by atoms with Crippen molar-refractivity contribution in [1.82, 2.24) is 0 Å². The van der Waals surface area contributed by atoms with Gasteiger partial charge in [0.25, 0.3) is 0 Å². The zero-order chi connectivity index (χ0) is 24.8. The number of methoxy groups -OCH3 is 2. The lowest BCUT2D eigenvalue weighted by molar-refractivity contribution is -0.118. The molecular weight excluding hydrogens is 450 g/mol. The summed E-state index contributed by atoms with van der Waals surface area (Å²) in [4.78, 5) is 12.0. The smallest absolute Gasteiger partial charge is 0.217 e. The van der Waals surface area contributed by atoms with E-state index >= 15 is 0 Å². The molecule has 0 saturated carbocycles. The number of ether oxygens (including phenoxy) is 2. The molecule has 0 bridgehead atoms. The predicted molar refractivity (Wildman–Crippen MR) is 137 cm³/mol. The molecule has 0 aliphatic heterocycles. The Morgan fingerprint density at radius 2 is 1.24 bits per heavy atom. The Labute approximate surface area is 203 Å². The van der Waals surface area contributed by atoms with Gasteiger partial charge in [0.05, 0.1) is 20.8 Å². The van der Waals surface area contributed by atoms with Gasteiger partial charge in [0, 0.05) is 11.3 Å². The van der Waals surface area contributed by atoms with E-state index in [0.29, 0.717) is 19.4 Å². The van der Waals surface area contributed by atoms with Crippen molar-refractivity contribution in [1.29, 1.82) is 0 Å². The topological polar surface area (TPSA) is 91.0 Å². The van der Waals surface area contributed by atoms with E-state index < -0.39 is 15.9 Å². The Morgan fingerprint density at radius 1 is 0.824 bits per heavy atom. The van der Waals surface area contributed by atoms with Crippen molar-refractivity contribution in [2.45, 2.75) is 23.3 Å². The number of carbonyl (C=O) groups is 1. The lowest BCUT2D eigenvalue weighted by Gasteiger charge is -2.34. The number of hydrogen-bond donors (Lipinski definition) is 2. The molecule has 6 nitrogen and oxygen atoms in total. The van der Waals surface area contributed by atoms with Gasteiger partial charge in [-0.15, -0.1) is 10.3 Å². The van der Waals surface area contributed by atoms with Crippen molar-refractivity contribution < 1.29 is 23.6 Å². The number of rotatable bonds is 11. The molecule has 34 heavy (non-hydrogen) atoms. The van der Waals surface area contributed by atoms with Crippen LogP contribution in [0.25, 0.3) is 0 Å². The maximum atomic E-state index is 12.1. The highest BCUT2D eigenvalue weighted by atomic mass is 32.3. The first-order valence-electron chi connectivity index (χ1n) is 11.0. The van der Waals surface area contributed by atoms with Crippen LogP contribution in [0.2, 0.25) is 0 Å². The fraction of sp³-hybridized carbons (Fsp3) is 0.296. The Kier molecular flexibility index (Phi) is 8.25. The van der Waals surface area contributed by atoms with Crippen LogP contribution in [-0.4, -0.2) is 44.4 Å². The third kappa shape index (κ3) is 5.73. The zero-order valence-corrected chi connectivity index (χ0v) is 20.9. The third-order valence-electron chi connectivity index (χ3n) is 5.80. The van der Waals surface area contributed by atoms with Crippen LogP contribution < -0.4 is 15.2 Å². The van der Waals surface area contributed by atoms with Crippen molar-refractivity contribution in [3.8, 4) is 11.5 Å². The van der Waals surface area contributed by atoms with E-state index in [0.717, 1.165) is 33.1 Å². The number of benzene rings is 3. The standard InChI is InChI=1S/C27H33NO5S/c1-31-23-13-7-20(8-14-23)27(30,21-9-15-24(32-2)16-10-21)22-11-17-25(18-12-22)34(3,4)33-19-5-6-26(28)29/h7-18,30H,5-6,19H2,1-4H3,(H2,28,29). The fourth-order valence-electron chi connectivity index (χ4n) is 3.77. The Bertz CT molecular complexity index is 1030. The minimum Gasteiger partial charge on any atom is -0.497 e.